The highest BCUT2D eigenvalue weighted by Crippen LogP contribution is 2.32. The van der Waals surface area contributed by atoms with E-state index in [0.717, 1.165) is 26.9 Å². The first-order valence-corrected chi connectivity index (χ1v) is 9.06. The van der Waals surface area contributed by atoms with Crippen LogP contribution in [0.3, 0.4) is 0 Å². The van der Waals surface area contributed by atoms with Gasteiger partial charge in [-0.25, -0.2) is 5.01 Å². The summed E-state index contributed by atoms with van der Waals surface area (Å²) in [4.78, 5) is 23.3. The molecule has 6 heteroatoms. The Balaban J connectivity index is 1.90. The number of aliphatic carboxylic acids is 1. The first-order valence-electron chi connectivity index (χ1n) is 8.27. The summed E-state index contributed by atoms with van der Waals surface area (Å²) >= 11 is 3.41. The van der Waals surface area contributed by atoms with Gasteiger partial charge >= 0.3 is 0 Å². The second-order valence-corrected chi connectivity index (χ2v) is 7.11. The summed E-state index contributed by atoms with van der Waals surface area (Å²) in [6.07, 6.45) is 1.56. The first-order chi connectivity index (χ1) is 12.4. The van der Waals surface area contributed by atoms with E-state index in [4.69, 9.17) is 0 Å². The third-order valence-electron chi connectivity index (χ3n) is 4.23. The standard InChI is InChI=1S/C20H19BrN2O3/c1-13-2-4-15(5-3-13)18-12-17(14-6-8-16(21)9-7-14)22-23(18)19(24)10-11-20(25)26/h2-9,12,18,22H,10-11H2,1H3,(H,25,26)/p-1/t18-/m0/s1. The topological polar surface area (TPSA) is 72.5 Å². The molecule has 2 aromatic rings. The smallest absolute Gasteiger partial charge is 0.242 e. The molecule has 1 atom stereocenters. The number of nitrogens with one attached hydrogen (secondary N) is 1. The van der Waals surface area contributed by atoms with Gasteiger partial charge in [-0.3, -0.25) is 10.2 Å². The molecule has 0 saturated heterocycles. The first kappa shape index (κ1) is 18.2. The second-order valence-electron chi connectivity index (χ2n) is 6.19. The number of benzene rings is 2. The Hall–Kier alpha value is -2.60. The molecular weight excluding hydrogens is 396 g/mol. The molecule has 2 aromatic carbocycles. The maximum atomic E-state index is 12.6. The monoisotopic (exact) mass is 413 g/mol. The summed E-state index contributed by atoms with van der Waals surface area (Å²) in [5.74, 6) is -1.52. The average molecular weight is 414 g/mol. The summed E-state index contributed by atoms with van der Waals surface area (Å²) in [6, 6.07) is 15.4. The number of hydrogen-bond acceptors (Lipinski definition) is 4. The van der Waals surface area contributed by atoms with Gasteiger partial charge in [-0.1, -0.05) is 57.9 Å². The normalized spacial score (nSPS) is 16.2. The largest absolute Gasteiger partial charge is 0.550 e. The van der Waals surface area contributed by atoms with Crippen molar-refractivity contribution in [3.05, 3.63) is 75.8 Å². The molecule has 0 saturated carbocycles. The van der Waals surface area contributed by atoms with Crippen molar-refractivity contribution in [3.8, 4) is 0 Å². The Kier molecular flexibility index (Phi) is 5.42. The maximum absolute atomic E-state index is 12.6. The van der Waals surface area contributed by atoms with Crippen LogP contribution in [0.25, 0.3) is 5.70 Å². The molecule has 1 aliphatic rings. The number of aryl methyl sites for hydroxylation is 1. The van der Waals surface area contributed by atoms with Crippen LogP contribution in [0.4, 0.5) is 0 Å². The van der Waals surface area contributed by atoms with Crippen molar-refractivity contribution in [3.63, 3.8) is 0 Å². The quantitative estimate of drug-likeness (QED) is 0.817. The molecule has 0 aromatic heterocycles. The molecule has 26 heavy (non-hydrogen) atoms. The maximum Gasteiger partial charge on any atom is 0.242 e. The van der Waals surface area contributed by atoms with E-state index in [-0.39, 0.29) is 24.8 Å². The van der Waals surface area contributed by atoms with Gasteiger partial charge in [-0.05, 0) is 42.7 Å². The van der Waals surface area contributed by atoms with Crippen LogP contribution in [0, 0.1) is 6.92 Å². The highest BCUT2D eigenvalue weighted by molar-refractivity contribution is 9.10. The molecule has 5 nitrogen and oxygen atoms in total. The van der Waals surface area contributed by atoms with Gasteiger partial charge in [-0.2, -0.15) is 0 Å². The summed E-state index contributed by atoms with van der Waals surface area (Å²) < 4.78 is 0.969. The third kappa shape index (κ3) is 4.14. The predicted octanol–water partition coefficient (Wildman–Crippen LogP) is 2.72. The van der Waals surface area contributed by atoms with Gasteiger partial charge < -0.3 is 9.90 Å². The van der Waals surface area contributed by atoms with E-state index < -0.39 is 5.97 Å². The van der Waals surface area contributed by atoms with Gasteiger partial charge in [0.2, 0.25) is 5.91 Å². The highest BCUT2D eigenvalue weighted by atomic mass is 79.9. The molecule has 0 aliphatic carbocycles. The Morgan fingerprint density at radius 3 is 2.35 bits per heavy atom. The number of carboxylic acid groups (broad SMARTS) is 1. The highest BCUT2D eigenvalue weighted by Gasteiger charge is 2.30. The van der Waals surface area contributed by atoms with E-state index in [9.17, 15) is 14.7 Å². The Labute approximate surface area is 160 Å². The number of carbonyl (C=O) groups is 2. The van der Waals surface area contributed by atoms with Crippen molar-refractivity contribution in [1.29, 1.82) is 0 Å². The number of nitrogens with zero attached hydrogens (tertiary/aromatic N) is 1. The van der Waals surface area contributed by atoms with Gasteiger partial charge in [0.15, 0.2) is 0 Å². The lowest BCUT2D eigenvalue weighted by atomic mass is 10.0. The summed E-state index contributed by atoms with van der Waals surface area (Å²) in [6.45, 7) is 2.00. The molecule has 0 fully saturated rings. The molecule has 0 radical (unpaired) electrons. The van der Waals surface area contributed by atoms with E-state index in [1.807, 2.05) is 61.5 Å². The van der Waals surface area contributed by atoms with E-state index in [1.54, 1.807) is 0 Å². The lowest BCUT2D eigenvalue weighted by molar-refractivity contribution is -0.305. The fraction of sp³-hybridized carbons (Fsp3) is 0.200. The van der Waals surface area contributed by atoms with Gasteiger partial charge in [0.1, 0.15) is 0 Å². The zero-order valence-corrected chi connectivity index (χ0v) is 15.8. The molecule has 0 unspecified atom stereocenters. The number of halogens is 1. The van der Waals surface area contributed by atoms with Crippen molar-refractivity contribution >= 4 is 33.5 Å². The molecule has 0 spiro atoms. The van der Waals surface area contributed by atoms with Crippen LogP contribution in [0.1, 0.15) is 35.6 Å². The molecule has 0 bridgehead atoms. The van der Waals surface area contributed by atoms with Crippen molar-refractivity contribution in [2.75, 3.05) is 0 Å². The number of rotatable bonds is 5. The van der Waals surface area contributed by atoms with Crippen molar-refractivity contribution in [1.82, 2.24) is 10.4 Å². The summed E-state index contributed by atoms with van der Waals surface area (Å²) in [5, 5.41) is 12.2. The van der Waals surface area contributed by atoms with E-state index in [0.29, 0.717) is 0 Å². The Morgan fingerprint density at radius 2 is 1.73 bits per heavy atom. The van der Waals surface area contributed by atoms with Crippen LogP contribution in [0.15, 0.2) is 59.1 Å². The van der Waals surface area contributed by atoms with Crippen molar-refractivity contribution < 1.29 is 14.7 Å². The van der Waals surface area contributed by atoms with Gasteiger partial charge in [0, 0.05) is 16.9 Å². The zero-order chi connectivity index (χ0) is 18.7. The molecule has 3 rings (SSSR count). The molecule has 1 N–H and O–H groups in total. The minimum absolute atomic E-state index is 0.112. The van der Waals surface area contributed by atoms with E-state index in [1.165, 1.54) is 5.01 Å². The van der Waals surface area contributed by atoms with Gasteiger partial charge in [0.25, 0.3) is 0 Å². The van der Waals surface area contributed by atoms with Crippen LogP contribution >= 0.6 is 15.9 Å². The minimum Gasteiger partial charge on any atom is -0.550 e. The zero-order valence-electron chi connectivity index (χ0n) is 14.2. The molecule has 1 aliphatic heterocycles. The number of hydrogen-bond donors (Lipinski definition) is 1. The lowest BCUT2D eigenvalue weighted by Gasteiger charge is -2.26. The van der Waals surface area contributed by atoms with E-state index in [2.05, 4.69) is 21.4 Å². The lowest BCUT2D eigenvalue weighted by Crippen LogP contribution is -2.40. The number of amides is 1. The molecule has 134 valence electrons. The SMILES string of the molecule is Cc1ccc([C@@H]2C=C(c3ccc(Br)cc3)NN2C(=O)CCC(=O)[O-])cc1. The fourth-order valence-corrected chi connectivity index (χ4v) is 3.08. The molecule has 1 amide bonds. The van der Waals surface area contributed by atoms with Crippen molar-refractivity contribution in [2.24, 2.45) is 0 Å². The van der Waals surface area contributed by atoms with Crippen LogP contribution < -0.4 is 10.5 Å². The van der Waals surface area contributed by atoms with Crippen molar-refractivity contribution in [2.45, 2.75) is 25.8 Å². The number of hydrazine groups is 1. The third-order valence-corrected chi connectivity index (χ3v) is 4.76. The summed E-state index contributed by atoms with van der Waals surface area (Å²) in [5.41, 5.74) is 6.97. The van der Waals surface area contributed by atoms with E-state index >= 15 is 0 Å². The summed E-state index contributed by atoms with van der Waals surface area (Å²) in [7, 11) is 0. The second kappa shape index (κ2) is 7.74. The fourth-order valence-electron chi connectivity index (χ4n) is 2.82. The van der Waals surface area contributed by atoms with Crippen LogP contribution in [0.2, 0.25) is 0 Å². The predicted molar refractivity (Wildman–Crippen MR) is 100 cm³/mol. The van der Waals surface area contributed by atoms with Crippen LogP contribution in [0.5, 0.6) is 0 Å². The van der Waals surface area contributed by atoms with Crippen LogP contribution in [-0.2, 0) is 9.59 Å². The average Bonchev–Trinajstić information content (AvgIpc) is 3.06. The van der Waals surface area contributed by atoms with Gasteiger partial charge in [0.05, 0.1) is 11.7 Å². The minimum atomic E-state index is -1.23. The Morgan fingerprint density at radius 1 is 1.08 bits per heavy atom. The molecular formula is C20H18BrN2O3-. The number of carboxylic acids is 1. The molecule has 1 heterocycles. The number of carbonyl (C=O) groups excluding carboxylic acids is 2. The van der Waals surface area contributed by atoms with Gasteiger partial charge in [-0.15, -0.1) is 0 Å². The Bertz CT molecular complexity index is 844. The van der Waals surface area contributed by atoms with Crippen LogP contribution in [-0.4, -0.2) is 16.9 Å².